The van der Waals surface area contributed by atoms with Crippen molar-refractivity contribution in [3.8, 4) is 0 Å². The molecule has 94 valence electrons. The van der Waals surface area contributed by atoms with E-state index in [1.165, 1.54) is 0 Å². The van der Waals surface area contributed by atoms with Crippen molar-refractivity contribution in [1.29, 1.82) is 0 Å². The van der Waals surface area contributed by atoms with Gasteiger partial charge in [-0.25, -0.2) is 0 Å². The van der Waals surface area contributed by atoms with Crippen LogP contribution in [0.3, 0.4) is 0 Å². The second kappa shape index (κ2) is 5.93. The van der Waals surface area contributed by atoms with Crippen LogP contribution in [0.25, 0.3) is 0 Å². The van der Waals surface area contributed by atoms with Crippen LogP contribution in [0.5, 0.6) is 0 Å². The molecule has 1 unspecified atom stereocenters. The minimum atomic E-state index is -0.539. The van der Waals surface area contributed by atoms with Gasteiger partial charge in [0, 0.05) is 28.3 Å². The van der Waals surface area contributed by atoms with E-state index in [0.717, 1.165) is 33.0 Å². The zero-order chi connectivity index (χ0) is 12.3. The molecule has 1 aliphatic heterocycles. The highest BCUT2D eigenvalue weighted by Gasteiger charge is 2.30. The summed E-state index contributed by atoms with van der Waals surface area (Å²) in [5, 5.41) is 14.2. The standard InChI is InChI=1S/C12H15BrClNOS/c13-10-1-2-11(14)9(5-10)6-15-7-12(16)3-4-17-8-12/h1-2,5,15-16H,3-4,6-8H2. The lowest BCUT2D eigenvalue weighted by Gasteiger charge is -2.21. The van der Waals surface area contributed by atoms with Crippen molar-refractivity contribution in [2.75, 3.05) is 18.1 Å². The van der Waals surface area contributed by atoms with Gasteiger partial charge >= 0.3 is 0 Å². The summed E-state index contributed by atoms with van der Waals surface area (Å²) in [4.78, 5) is 0. The van der Waals surface area contributed by atoms with Crippen LogP contribution in [-0.2, 0) is 6.54 Å². The Bertz CT molecular complexity index is 396. The number of hydrogen-bond donors (Lipinski definition) is 2. The summed E-state index contributed by atoms with van der Waals surface area (Å²) in [5.41, 5.74) is 0.513. The fraction of sp³-hybridized carbons (Fsp3) is 0.500. The van der Waals surface area contributed by atoms with Crippen LogP contribution in [0.1, 0.15) is 12.0 Å². The lowest BCUT2D eigenvalue weighted by Crippen LogP contribution is -2.40. The molecule has 1 heterocycles. The van der Waals surface area contributed by atoms with Gasteiger partial charge in [-0.3, -0.25) is 0 Å². The molecule has 5 heteroatoms. The number of halogens is 2. The van der Waals surface area contributed by atoms with Crippen molar-refractivity contribution >= 4 is 39.3 Å². The molecule has 0 aliphatic carbocycles. The molecule has 2 rings (SSSR count). The quantitative estimate of drug-likeness (QED) is 0.886. The molecule has 0 bridgehead atoms. The van der Waals surface area contributed by atoms with E-state index in [4.69, 9.17) is 11.6 Å². The van der Waals surface area contributed by atoms with Gasteiger partial charge in [0.05, 0.1) is 5.60 Å². The Morgan fingerprint density at radius 2 is 2.35 bits per heavy atom. The van der Waals surface area contributed by atoms with Gasteiger partial charge in [0.25, 0.3) is 0 Å². The van der Waals surface area contributed by atoms with Gasteiger partial charge in [0.2, 0.25) is 0 Å². The number of rotatable bonds is 4. The predicted octanol–water partition coefficient (Wildman–Crippen LogP) is 3.06. The average molecular weight is 337 g/mol. The lowest BCUT2D eigenvalue weighted by molar-refractivity contribution is 0.0675. The van der Waals surface area contributed by atoms with Crippen molar-refractivity contribution in [2.24, 2.45) is 0 Å². The minimum absolute atomic E-state index is 0.539. The molecule has 1 aromatic rings. The van der Waals surface area contributed by atoms with E-state index < -0.39 is 5.60 Å². The molecule has 0 amide bonds. The maximum Gasteiger partial charge on any atom is 0.0869 e. The maximum atomic E-state index is 10.2. The first-order valence-electron chi connectivity index (χ1n) is 5.54. The molecule has 1 aliphatic rings. The summed E-state index contributed by atoms with van der Waals surface area (Å²) in [5.74, 6) is 1.88. The van der Waals surface area contributed by atoms with E-state index in [-0.39, 0.29) is 0 Å². The van der Waals surface area contributed by atoms with Gasteiger partial charge in [-0.2, -0.15) is 11.8 Å². The van der Waals surface area contributed by atoms with Crippen LogP contribution < -0.4 is 5.32 Å². The highest BCUT2D eigenvalue weighted by Crippen LogP contribution is 2.27. The monoisotopic (exact) mass is 335 g/mol. The summed E-state index contributed by atoms with van der Waals surface area (Å²) >= 11 is 11.3. The van der Waals surface area contributed by atoms with Gasteiger partial charge < -0.3 is 10.4 Å². The smallest absolute Gasteiger partial charge is 0.0869 e. The molecule has 2 nitrogen and oxygen atoms in total. The molecule has 1 fully saturated rings. The average Bonchev–Trinajstić information content (AvgIpc) is 2.71. The van der Waals surface area contributed by atoms with Crippen molar-refractivity contribution in [3.05, 3.63) is 33.3 Å². The number of hydrogen-bond acceptors (Lipinski definition) is 3. The van der Waals surface area contributed by atoms with Gasteiger partial charge in [-0.1, -0.05) is 27.5 Å². The Balaban J connectivity index is 1.87. The first-order chi connectivity index (χ1) is 8.09. The Labute approximate surface area is 119 Å². The summed E-state index contributed by atoms with van der Waals surface area (Å²) < 4.78 is 1.02. The molecule has 2 N–H and O–H groups in total. The van der Waals surface area contributed by atoms with Crippen molar-refractivity contribution in [3.63, 3.8) is 0 Å². The van der Waals surface area contributed by atoms with E-state index >= 15 is 0 Å². The van der Waals surface area contributed by atoms with Gasteiger partial charge in [0.15, 0.2) is 0 Å². The molecular weight excluding hydrogens is 322 g/mol. The molecule has 0 spiro atoms. The van der Waals surface area contributed by atoms with E-state index in [9.17, 15) is 5.11 Å². The second-order valence-corrected chi connectivity index (χ2v) is 6.79. The number of nitrogens with one attached hydrogen (secondary N) is 1. The fourth-order valence-corrected chi connectivity index (χ4v) is 3.73. The highest BCUT2D eigenvalue weighted by atomic mass is 79.9. The highest BCUT2D eigenvalue weighted by molar-refractivity contribution is 9.10. The SMILES string of the molecule is OC1(CNCc2cc(Br)ccc2Cl)CCSC1. The Hall–Kier alpha value is 0.260. The van der Waals surface area contributed by atoms with Crippen LogP contribution in [-0.4, -0.2) is 28.8 Å². The molecule has 1 saturated heterocycles. The lowest BCUT2D eigenvalue weighted by atomic mass is 10.0. The van der Waals surface area contributed by atoms with Crippen molar-refractivity contribution in [1.82, 2.24) is 5.32 Å². The Kier molecular flexibility index (Phi) is 4.78. The van der Waals surface area contributed by atoms with Gasteiger partial charge in [0.1, 0.15) is 0 Å². The summed E-state index contributed by atoms with van der Waals surface area (Å²) in [6.07, 6.45) is 0.872. The second-order valence-electron chi connectivity index (χ2n) is 4.37. The molecule has 1 aromatic carbocycles. The van der Waals surface area contributed by atoms with Crippen LogP contribution in [0.15, 0.2) is 22.7 Å². The van der Waals surface area contributed by atoms with Gasteiger partial charge in [-0.05, 0) is 35.9 Å². The Morgan fingerprint density at radius 1 is 1.53 bits per heavy atom. The van der Waals surface area contributed by atoms with Gasteiger partial charge in [-0.15, -0.1) is 0 Å². The number of aliphatic hydroxyl groups is 1. The first kappa shape index (κ1) is 13.7. The molecule has 1 atom stereocenters. The summed E-state index contributed by atoms with van der Waals surface area (Å²) in [7, 11) is 0. The predicted molar refractivity (Wildman–Crippen MR) is 77.8 cm³/mol. The van der Waals surface area contributed by atoms with Crippen LogP contribution in [0.2, 0.25) is 5.02 Å². The normalized spacial score (nSPS) is 24.2. The zero-order valence-electron chi connectivity index (χ0n) is 9.38. The Morgan fingerprint density at radius 3 is 3.06 bits per heavy atom. The molecule has 0 saturated carbocycles. The maximum absolute atomic E-state index is 10.2. The first-order valence-corrected chi connectivity index (χ1v) is 7.86. The van der Waals surface area contributed by atoms with Crippen molar-refractivity contribution < 1.29 is 5.11 Å². The van der Waals surface area contributed by atoms with Crippen molar-refractivity contribution in [2.45, 2.75) is 18.6 Å². The van der Waals surface area contributed by atoms with Crippen LogP contribution >= 0.6 is 39.3 Å². The molecular formula is C12H15BrClNOS. The van der Waals surface area contributed by atoms with E-state index in [1.807, 2.05) is 30.0 Å². The molecule has 17 heavy (non-hydrogen) atoms. The number of benzene rings is 1. The number of thioether (sulfide) groups is 1. The van der Waals surface area contributed by atoms with E-state index in [0.29, 0.717) is 13.1 Å². The summed E-state index contributed by atoms with van der Waals surface area (Å²) in [6, 6.07) is 5.80. The van der Waals surface area contributed by atoms with E-state index in [2.05, 4.69) is 21.2 Å². The summed E-state index contributed by atoms with van der Waals surface area (Å²) in [6.45, 7) is 1.31. The third-order valence-electron chi connectivity index (χ3n) is 2.86. The minimum Gasteiger partial charge on any atom is -0.388 e. The topological polar surface area (TPSA) is 32.3 Å². The fourth-order valence-electron chi connectivity index (χ4n) is 1.84. The zero-order valence-corrected chi connectivity index (χ0v) is 12.5. The van der Waals surface area contributed by atoms with Crippen LogP contribution in [0.4, 0.5) is 0 Å². The third kappa shape index (κ3) is 3.86. The molecule has 0 aromatic heterocycles. The largest absolute Gasteiger partial charge is 0.388 e. The third-order valence-corrected chi connectivity index (χ3v) is 4.96. The van der Waals surface area contributed by atoms with Crippen LogP contribution in [0, 0.1) is 0 Å². The van der Waals surface area contributed by atoms with E-state index in [1.54, 1.807) is 0 Å². The molecule has 0 radical (unpaired) electrons.